The van der Waals surface area contributed by atoms with Crippen molar-refractivity contribution in [3.8, 4) is 5.69 Å². The molecule has 0 fully saturated rings. The van der Waals surface area contributed by atoms with Crippen molar-refractivity contribution in [2.45, 2.75) is 13.0 Å². The molecular weight excluding hydrogens is 445 g/mol. The summed E-state index contributed by atoms with van der Waals surface area (Å²) in [5, 5.41) is 8.84. The van der Waals surface area contributed by atoms with Crippen molar-refractivity contribution in [1.82, 2.24) is 20.2 Å². The number of halogens is 1. The minimum absolute atomic E-state index is 0. The van der Waals surface area contributed by atoms with Crippen LogP contribution in [0.4, 0.5) is 0 Å². The molecule has 2 N–H and O–H groups in total. The van der Waals surface area contributed by atoms with Crippen molar-refractivity contribution in [3.05, 3.63) is 70.9 Å². The van der Waals surface area contributed by atoms with E-state index in [-0.39, 0.29) is 24.0 Å². The van der Waals surface area contributed by atoms with E-state index in [0.29, 0.717) is 6.54 Å². The molecule has 0 aliphatic carbocycles. The molecule has 0 amide bonds. The first-order chi connectivity index (χ1) is 11.9. The first kappa shape index (κ1) is 19.5. The SMILES string of the molecule is CN=C(NCCc1cccs1)NCc1ccccc1-n1ccnc1.I. The van der Waals surface area contributed by atoms with Crippen molar-refractivity contribution in [2.75, 3.05) is 13.6 Å². The van der Waals surface area contributed by atoms with Crippen LogP contribution in [-0.2, 0) is 13.0 Å². The van der Waals surface area contributed by atoms with Gasteiger partial charge < -0.3 is 15.2 Å². The van der Waals surface area contributed by atoms with Crippen LogP contribution in [-0.4, -0.2) is 29.1 Å². The lowest BCUT2D eigenvalue weighted by atomic mass is 10.1. The van der Waals surface area contributed by atoms with Crippen molar-refractivity contribution in [1.29, 1.82) is 0 Å². The Bertz CT molecular complexity index is 769. The summed E-state index contributed by atoms with van der Waals surface area (Å²) in [5.41, 5.74) is 2.31. The Hall–Kier alpha value is -1.87. The van der Waals surface area contributed by atoms with Crippen LogP contribution in [0.2, 0.25) is 0 Å². The number of hydrogen-bond donors (Lipinski definition) is 2. The molecule has 3 aromatic rings. The Morgan fingerprint density at radius 3 is 2.80 bits per heavy atom. The van der Waals surface area contributed by atoms with Gasteiger partial charge in [0.1, 0.15) is 0 Å². The van der Waals surface area contributed by atoms with Gasteiger partial charge in [-0.3, -0.25) is 4.99 Å². The molecule has 2 heterocycles. The number of nitrogens with one attached hydrogen (secondary N) is 2. The fourth-order valence-electron chi connectivity index (χ4n) is 2.47. The average Bonchev–Trinajstić information content (AvgIpc) is 3.32. The van der Waals surface area contributed by atoms with Gasteiger partial charge in [-0.1, -0.05) is 24.3 Å². The lowest BCUT2D eigenvalue weighted by Gasteiger charge is -2.14. The van der Waals surface area contributed by atoms with E-state index in [4.69, 9.17) is 0 Å². The van der Waals surface area contributed by atoms with Gasteiger partial charge in [0, 0.05) is 37.4 Å². The summed E-state index contributed by atoms with van der Waals surface area (Å²) in [4.78, 5) is 9.79. The highest BCUT2D eigenvalue weighted by atomic mass is 127. The van der Waals surface area contributed by atoms with E-state index in [1.54, 1.807) is 24.6 Å². The second-order valence-electron chi connectivity index (χ2n) is 5.28. The summed E-state index contributed by atoms with van der Waals surface area (Å²) in [6.07, 6.45) is 6.55. The number of imidazole rings is 1. The number of guanidine groups is 1. The van der Waals surface area contributed by atoms with E-state index in [1.165, 1.54) is 10.4 Å². The number of aromatic nitrogens is 2. The Kier molecular flexibility index (Phi) is 7.93. The second kappa shape index (κ2) is 10.2. The van der Waals surface area contributed by atoms with Gasteiger partial charge in [0.2, 0.25) is 0 Å². The smallest absolute Gasteiger partial charge is 0.191 e. The number of benzene rings is 1. The topological polar surface area (TPSA) is 54.2 Å². The Balaban J connectivity index is 0.00000225. The largest absolute Gasteiger partial charge is 0.356 e. The van der Waals surface area contributed by atoms with Crippen LogP contribution in [0.3, 0.4) is 0 Å². The van der Waals surface area contributed by atoms with E-state index in [0.717, 1.165) is 24.6 Å². The van der Waals surface area contributed by atoms with Crippen molar-refractivity contribution in [3.63, 3.8) is 0 Å². The van der Waals surface area contributed by atoms with Crippen molar-refractivity contribution >= 4 is 41.3 Å². The molecule has 0 saturated heterocycles. The maximum atomic E-state index is 4.29. The highest BCUT2D eigenvalue weighted by Gasteiger charge is 2.05. The lowest BCUT2D eigenvalue weighted by Crippen LogP contribution is -2.38. The molecule has 0 saturated carbocycles. The number of hydrogen-bond acceptors (Lipinski definition) is 3. The molecule has 25 heavy (non-hydrogen) atoms. The van der Waals surface area contributed by atoms with Crippen LogP contribution in [0.5, 0.6) is 0 Å². The zero-order valence-corrected chi connectivity index (χ0v) is 17.2. The van der Waals surface area contributed by atoms with E-state index >= 15 is 0 Å². The van der Waals surface area contributed by atoms with E-state index in [2.05, 4.69) is 50.3 Å². The number of thiophene rings is 1. The second-order valence-corrected chi connectivity index (χ2v) is 6.31. The Morgan fingerprint density at radius 1 is 1.20 bits per heavy atom. The number of para-hydroxylation sites is 1. The number of aliphatic imine (C=N–C) groups is 1. The maximum absolute atomic E-state index is 4.29. The first-order valence-corrected chi connectivity index (χ1v) is 8.78. The summed E-state index contributed by atoms with van der Waals surface area (Å²) in [5.74, 6) is 0.812. The third-order valence-electron chi connectivity index (χ3n) is 3.69. The Labute approximate surface area is 169 Å². The van der Waals surface area contributed by atoms with Crippen LogP contribution in [0.15, 0.2) is 65.5 Å². The summed E-state index contributed by atoms with van der Waals surface area (Å²) < 4.78 is 2.02. The van der Waals surface area contributed by atoms with Crippen LogP contribution in [0, 0.1) is 0 Å². The summed E-state index contributed by atoms with van der Waals surface area (Å²) >= 11 is 1.78. The number of rotatable bonds is 6. The summed E-state index contributed by atoms with van der Waals surface area (Å²) in [7, 11) is 1.79. The minimum Gasteiger partial charge on any atom is -0.356 e. The third kappa shape index (κ3) is 5.57. The van der Waals surface area contributed by atoms with Gasteiger partial charge in [-0.15, -0.1) is 35.3 Å². The fourth-order valence-corrected chi connectivity index (χ4v) is 3.18. The number of nitrogens with zero attached hydrogens (tertiary/aromatic N) is 3. The summed E-state index contributed by atoms with van der Waals surface area (Å²) in [6.45, 7) is 1.57. The lowest BCUT2D eigenvalue weighted by molar-refractivity contribution is 0.795. The molecule has 0 spiro atoms. The first-order valence-electron chi connectivity index (χ1n) is 7.90. The molecule has 5 nitrogen and oxygen atoms in total. The predicted molar refractivity (Wildman–Crippen MR) is 115 cm³/mol. The molecule has 0 aliphatic rings. The zero-order valence-electron chi connectivity index (χ0n) is 14.1. The molecule has 0 radical (unpaired) electrons. The fraction of sp³-hybridized carbons (Fsp3) is 0.222. The van der Waals surface area contributed by atoms with Gasteiger partial charge >= 0.3 is 0 Å². The molecule has 0 atom stereocenters. The average molecular weight is 467 g/mol. The minimum atomic E-state index is 0. The molecule has 0 aliphatic heterocycles. The maximum Gasteiger partial charge on any atom is 0.191 e. The van der Waals surface area contributed by atoms with E-state index in [9.17, 15) is 0 Å². The van der Waals surface area contributed by atoms with Crippen molar-refractivity contribution in [2.24, 2.45) is 4.99 Å². The molecular formula is C18H22IN5S. The van der Waals surface area contributed by atoms with E-state index < -0.39 is 0 Å². The van der Waals surface area contributed by atoms with Gasteiger partial charge in [-0.2, -0.15) is 0 Å². The van der Waals surface area contributed by atoms with Crippen LogP contribution >= 0.6 is 35.3 Å². The summed E-state index contributed by atoms with van der Waals surface area (Å²) in [6, 6.07) is 12.5. The van der Waals surface area contributed by atoms with Gasteiger partial charge in [-0.25, -0.2) is 4.98 Å². The molecule has 132 valence electrons. The quantitative estimate of drug-likeness (QED) is 0.332. The van der Waals surface area contributed by atoms with Crippen LogP contribution in [0.25, 0.3) is 5.69 Å². The van der Waals surface area contributed by atoms with Gasteiger partial charge in [0.25, 0.3) is 0 Å². The molecule has 0 bridgehead atoms. The van der Waals surface area contributed by atoms with E-state index in [1.807, 2.05) is 29.2 Å². The molecule has 2 aromatic heterocycles. The normalized spacial score (nSPS) is 11.0. The molecule has 1 aromatic carbocycles. The zero-order chi connectivity index (χ0) is 16.6. The third-order valence-corrected chi connectivity index (χ3v) is 4.62. The predicted octanol–water partition coefficient (Wildman–Crippen LogP) is 3.46. The standard InChI is InChI=1S/C18H21N5S.HI/c1-19-18(21-9-8-16-6-4-12-24-16)22-13-15-5-2-3-7-17(15)23-11-10-20-14-23;/h2-7,10-12,14H,8-9,13H2,1H3,(H2,19,21,22);1H. The highest BCUT2D eigenvalue weighted by molar-refractivity contribution is 14.0. The van der Waals surface area contributed by atoms with Gasteiger partial charge in [-0.05, 0) is 29.5 Å². The molecule has 0 unspecified atom stereocenters. The highest BCUT2D eigenvalue weighted by Crippen LogP contribution is 2.13. The van der Waals surface area contributed by atoms with Gasteiger partial charge in [0.15, 0.2) is 5.96 Å². The Morgan fingerprint density at radius 2 is 2.08 bits per heavy atom. The molecule has 3 rings (SSSR count). The monoisotopic (exact) mass is 467 g/mol. The van der Waals surface area contributed by atoms with Crippen LogP contribution < -0.4 is 10.6 Å². The van der Waals surface area contributed by atoms with Crippen LogP contribution in [0.1, 0.15) is 10.4 Å². The molecule has 7 heteroatoms. The van der Waals surface area contributed by atoms with Crippen molar-refractivity contribution < 1.29 is 0 Å². The van der Waals surface area contributed by atoms with Gasteiger partial charge in [0.05, 0.1) is 12.0 Å².